The summed E-state index contributed by atoms with van der Waals surface area (Å²) in [5.41, 5.74) is 0.634. The molecule has 1 aliphatic heterocycles. The lowest BCUT2D eigenvalue weighted by molar-refractivity contribution is 0.0263. The molecule has 0 radical (unpaired) electrons. The Labute approximate surface area is 171 Å². The molecule has 2 N–H and O–H groups in total. The topological polar surface area (TPSA) is 71.0 Å². The van der Waals surface area contributed by atoms with Gasteiger partial charge in [0.15, 0.2) is 0 Å². The summed E-state index contributed by atoms with van der Waals surface area (Å²) >= 11 is 0. The molecule has 2 aliphatic rings. The van der Waals surface area contributed by atoms with Crippen LogP contribution in [0.3, 0.4) is 0 Å². The minimum Gasteiger partial charge on any atom is -0.497 e. The van der Waals surface area contributed by atoms with Gasteiger partial charge in [0.05, 0.1) is 19.8 Å². The molecular formula is C23H28N2O4. The molecule has 2 fully saturated rings. The van der Waals surface area contributed by atoms with E-state index in [-0.39, 0.29) is 17.4 Å². The van der Waals surface area contributed by atoms with Crippen molar-refractivity contribution in [1.29, 1.82) is 0 Å². The van der Waals surface area contributed by atoms with Gasteiger partial charge in [-0.1, -0.05) is 19.1 Å². The number of nitrogens with one attached hydrogen (secondary N) is 1. The fourth-order valence-electron chi connectivity index (χ4n) is 4.94. The molecule has 0 aromatic heterocycles. The number of amides is 2. The van der Waals surface area contributed by atoms with Gasteiger partial charge in [0.1, 0.15) is 11.5 Å². The Balaban J connectivity index is 1.43. The van der Waals surface area contributed by atoms with E-state index >= 15 is 0 Å². The largest absolute Gasteiger partial charge is 0.497 e. The predicted octanol–water partition coefficient (Wildman–Crippen LogP) is 3.86. The third-order valence-electron chi connectivity index (χ3n) is 6.49. The summed E-state index contributed by atoms with van der Waals surface area (Å²) in [6.45, 7) is 3.45. The summed E-state index contributed by atoms with van der Waals surface area (Å²) in [6.07, 6.45) is 1.27. The fraction of sp³-hybridized carbons (Fsp3) is 0.435. The molecule has 2 aromatic carbocycles. The van der Waals surface area contributed by atoms with Crippen molar-refractivity contribution in [3.8, 4) is 11.5 Å². The molecule has 29 heavy (non-hydrogen) atoms. The average Bonchev–Trinajstić information content (AvgIpc) is 3.17. The van der Waals surface area contributed by atoms with Gasteiger partial charge in [0.2, 0.25) is 0 Å². The highest BCUT2D eigenvalue weighted by Crippen LogP contribution is 2.56. The second-order valence-electron chi connectivity index (χ2n) is 8.53. The number of anilines is 1. The van der Waals surface area contributed by atoms with Crippen LogP contribution in [-0.4, -0.2) is 43.3 Å². The quantitative estimate of drug-likeness (QED) is 0.823. The average molecular weight is 396 g/mol. The zero-order chi connectivity index (χ0) is 20.6. The molecule has 4 rings (SSSR count). The Kier molecular flexibility index (Phi) is 4.90. The first kappa shape index (κ1) is 19.6. The summed E-state index contributed by atoms with van der Waals surface area (Å²) in [5, 5.41) is 14.3. The highest BCUT2D eigenvalue weighted by atomic mass is 16.5. The number of aliphatic hydroxyl groups is 1. The molecule has 1 heterocycles. The van der Waals surface area contributed by atoms with Gasteiger partial charge in [-0.15, -0.1) is 0 Å². The summed E-state index contributed by atoms with van der Waals surface area (Å²) < 4.78 is 10.5. The number of likely N-dealkylation sites (tertiary alicyclic amines) is 1. The van der Waals surface area contributed by atoms with E-state index in [2.05, 4.69) is 12.2 Å². The third-order valence-corrected chi connectivity index (χ3v) is 6.49. The van der Waals surface area contributed by atoms with Gasteiger partial charge in [0, 0.05) is 18.8 Å². The van der Waals surface area contributed by atoms with Crippen molar-refractivity contribution < 1.29 is 19.4 Å². The standard InChI is InChI=1S/C23H28N2O4/c1-22-14-23(27,16-5-4-6-20(11-16)29-3)12-17(22)13-25(15-22)21(26)24-18-7-9-19(28-2)10-8-18/h4-11,17,27H,12-15H2,1-3H3,(H,24,26)/t17-,22+,23-/m0/s1. The van der Waals surface area contributed by atoms with Gasteiger partial charge < -0.3 is 24.8 Å². The lowest BCUT2D eigenvalue weighted by atomic mass is 9.82. The number of ether oxygens (including phenoxy) is 2. The first-order chi connectivity index (χ1) is 13.8. The van der Waals surface area contributed by atoms with Crippen molar-refractivity contribution in [2.24, 2.45) is 11.3 Å². The van der Waals surface area contributed by atoms with Crippen LogP contribution in [0, 0.1) is 11.3 Å². The Morgan fingerprint density at radius 1 is 1.14 bits per heavy atom. The lowest BCUT2D eigenvalue weighted by Gasteiger charge is -2.29. The predicted molar refractivity (Wildman–Crippen MR) is 111 cm³/mol. The molecule has 2 aromatic rings. The van der Waals surface area contributed by atoms with Gasteiger partial charge in [0.25, 0.3) is 0 Å². The van der Waals surface area contributed by atoms with Crippen LogP contribution in [0.2, 0.25) is 0 Å². The van der Waals surface area contributed by atoms with Gasteiger partial charge >= 0.3 is 6.03 Å². The van der Waals surface area contributed by atoms with Crippen molar-refractivity contribution in [2.75, 3.05) is 32.6 Å². The molecule has 6 heteroatoms. The van der Waals surface area contributed by atoms with Crippen LogP contribution in [0.5, 0.6) is 11.5 Å². The van der Waals surface area contributed by atoms with Crippen molar-refractivity contribution in [3.63, 3.8) is 0 Å². The number of nitrogens with zero attached hydrogens (tertiary/aromatic N) is 1. The van der Waals surface area contributed by atoms with Crippen molar-refractivity contribution in [2.45, 2.75) is 25.4 Å². The zero-order valence-corrected chi connectivity index (χ0v) is 17.1. The number of rotatable bonds is 4. The van der Waals surface area contributed by atoms with Crippen LogP contribution in [0.25, 0.3) is 0 Å². The Morgan fingerprint density at radius 2 is 1.86 bits per heavy atom. The van der Waals surface area contributed by atoms with Gasteiger partial charge in [-0.05, 0) is 66.1 Å². The van der Waals surface area contributed by atoms with E-state index in [0.29, 0.717) is 25.9 Å². The van der Waals surface area contributed by atoms with E-state index in [1.165, 1.54) is 0 Å². The van der Waals surface area contributed by atoms with Gasteiger partial charge in [-0.3, -0.25) is 0 Å². The normalized spacial score (nSPS) is 28.1. The molecule has 1 saturated carbocycles. The summed E-state index contributed by atoms with van der Waals surface area (Å²) in [4.78, 5) is 14.6. The molecule has 1 aliphatic carbocycles. The maximum Gasteiger partial charge on any atom is 0.321 e. The minimum absolute atomic E-state index is 0.101. The zero-order valence-electron chi connectivity index (χ0n) is 17.1. The van der Waals surface area contributed by atoms with E-state index in [9.17, 15) is 9.90 Å². The number of hydrogen-bond acceptors (Lipinski definition) is 4. The maximum atomic E-state index is 12.8. The maximum absolute atomic E-state index is 12.8. The monoisotopic (exact) mass is 396 g/mol. The number of benzene rings is 2. The van der Waals surface area contributed by atoms with Crippen molar-refractivity contribution >= 4 is 11.7 Å². The van der Waals surface area contributed by atoms with Crippen LogP contribution in [0.4, 0.5) is 10.5 Å². The molecule has 3 atom stereocenters. The number of carbonyl (C=O) groups excluding carboxylic acids is 1. The van der Waals surface area contributed by atoms with Crippen LogP contribution in [0.1, 0.15) is 25.3 Å². The number of fused-ring (bicyclic) bond motifs is 1. The number of methoxy groups -OCH3 is 2. The summed E-state index contributed by atoms with van der Waals surface area (Å²) in [6, 6.07) is 14.9. The Bertz CT molecular complexity index is 900. The molecule has 6 nitrogen and oxygen atoms in total. The minimum atomic E-state index is -0.882. The number of carbonyl (C=O) groups is 1. The van der Waals surface area contributed by atoms with Crippen LogP contribution >= 0.6 is 0 Å². The first-order valence-electron chi connectivity index (χ1n) is 9.92. The van der Waals surface area contributed by atoms with Crippen LogP contribution < -0.4 is 14.8 Å². The first-order valence-corrected chi connectivity index (χ1v) is 9.92. The van der Waals surface area contributed by atoms with Gasteiger partial charge in [-0.2, -0.15) is 0 Å². The lowest BCUT2D eigenvalue weighted by Crippen LogP contribution is -2.37. The SMILES string of the molecule is COc1ccc(NC(=O)N2C[C@@H]3C[C@@](O)(c4cccc(OC)c4)C[C@]3(C)C2)cc1. The van der Waals surface area contributed by atoms with E-state index in [1.807, 2.05) is 53.4 Å². The van der Waals surface area contributed by atoms with Crippen molar-refractivity contribution in [1.82, 2.24) is 4.90 Å². The van der Waals surface area contributed by atoms with E-state index in [0.717, 1.165) is 22.7 Å². The molecule has 2 amide bonds. The number of urea groups is 1. The van der Waals surface area contributed by atoms with Crippen LogP contribution in [-0.2, 0) is 5.60 Å². The highest BCUT2D eigenvalue weighted by Gasteiger charge is 2.57. The third kappa shape index (κ3) is 3.65. The summed E-state index contributed by atoms with van der Waals surface area (Å²) in [7, 11) is 3.25. The van der Waals surface area contributed by atoms with E-state index in [4.69, 9.17) is 9.47 Å². The highest BCUT2D eigenvalue weighted by molar-refractivity contribution is 5.89. The summed E-state index contributed by atoms with van der Waals surface area (Å²) in [5.74, 6) is 1.75. The second kappa shape index (κ2) is 7.26. The molecule has 0 bridgehead atoms. The Morgan fingerprint density at radius 3 is 2.52 bits per heavy atom. The molecule has 154 valence electrons. The smallest absolute Gasteiger partial charge is 0.321 e. The van der Waals surface area contributed by atoms with E-state index < -0.39 is 5.60 Å². The molecule has 0 spiro atoms. The van der Waals surface area contributed by atoms with Crippen LogP contribution in [0.15, 0.2) is 48.5 Å². The molecular weight excluding hydrogens is 368 g/mol. The number of hydrogen-bond donors (Lipinski definition) is 2. The van der Waals surface area contributed by atoms with E-state index in [1.54, 1.807) is 14.2 Å². The fourth-order valence-corrected chi connectivity index (χ4v) is 4.94. The molecule has 0 unspecified atom stereocenters. The molecule has 1 saturated heterocycles. The Hall–Kier alpha value is -2.73. The second-order valence-corrected chi connectivity index (χ2v) is 8.53. The van der Waals surface area contributed by atoms with Crippen molar-refractivity contribution in [3.05, 3.63) is 54.1 Å². The van der Waals surface area contributed by atoms with Gasteiger partial charge in [-0.25, -0.2) is 4.79 Å².